The van der Waals surface area contributed by atoms with E-state index in [1.807, 2.05) is 0 Å². The van der Waals surface area contributed by atoms with Gasteiger partial charge >= 0.3 is 24.3 Å². The Hall–Kier alpha value is -1.59. The van der Waals surface area contributed by atoms with Crippen LogP contribution < -0.4 is 10.6 Å². The van der Waals surface area contributed by atoms with Gasteiger partial charge in [-0.3, -0.25) is 0 Å². The molecule has 0 aromatic heterocycles. The van der Waals surface area contributed by atoms with Crippen LogP contribution in [0.1, 0.15) is 6.42 Å². The van der Waals surface area contributed by atoms with Gasteiger partial charge in [0.15, 0.2) is 0 Å². The molecule has 21 heavy (non-hydrogen) atoms. The molecule has 0 aliphatic rings. The number of carboxylic acid groups (broad SMARTS) is 1. The molecule has 1 atom stereocenters. The van der Waals surface area contributed by atoms with Crippen molar-refractivity contribution < 1.29 is 40.7 Å². The van der Waals surface area contributed by atoms with Gasteiger partial charge in [0, 0.05) is 6.26 Å². The van der Waals surface area contributed by atoms with E-state index in [9.17, 15) is 35.6 Å². The van der Waals surface area contributed by atoms with Crippen molar-refractivity contribution in [3.8, 4) is 0 Å². The fourth-order valence-corrected chi connectivity index (χ4v) is 1.74. The summed E-state index contributed by atoms with van der Waals surface area (Å²) in [5.41, 5.74) is 0. The van der Waals surface area contributed by atoms with Crippen LogP contribution in [0, 0.1) is 0 Å². The zero-order valence-corrected chi connectivity index (χ0v) is 11.6. The normalized spacial score (nSPS) is 13.8. The Morgan fingerprint density at radius 3 is 2.19 bits per heavy atom. The molecule has 124 valence electrons. The second kappa shape index (κ2) is 7.43. The van der Waals surface area contributed by atoms with Crippen molar-refractivity contribution in [2.75, 3.05) is 18.6 Å². The topological polar surface area (TPSA) is 113 Å². The molecule has 0 saturated carbocycles. The molecule has 0 fully saturated rings. The van der Waals surface area contributed by atoms with Gasteiger partial charge in [0.1, 0.15) is 15.9 Å². The van der Waals surface area contributed by atoms with Crippen molar-refractivity contribution in [2.24, 2.45) is 0 Å². The fourth-order valence-electron chi connectivity index (χ4n) is 1.07. The number of rotatable bonds is 8. The summed E-state index contributed by atoms with van der Waals surface area (Å²) >= 11 is 0. The van der Waals surface area contributed by atoms with Crippen molar-refractivity contribution in [3.05, 3.63) is 0 Å². The van der Waals surface area contributed by atoms with Gasteiger partial charge in [-0.05, 0) is 6.42 Å². The number of aliphatic carboxylic acids is 1. The van der Waals surface area contributed by atoms with Crippen molar-refractivity contribution >= 4 is 21.8 Å². The number of amides is 2. The molecule has 0 heterocycles. The fraction of sp³-hybridized carbons (Fsp3) is 0.778. The lowest BCUT2D eigenvalue weighted by Crippen LogP contribution is -2.50. The molecule has 0 radical (unpaired) electrons. The van der Waals surface area contributed by atoms with Crippen LogP contribution in [0.25, 0.3) is 0 Å². The van der Waals surface area contributed by atoms with E-state index in [1.165, 1.54) is 5.32 Å². The maximum atomic E-state index is 12.5. The van der Waals surface area contributed by atoms with Crippen LogP contribution in [-0.2, 0) is 14.6 Å². The molecule has 0 bridgehead atoms. The molecule has 1 unspecified atom stereocenters. The number of urea groups is 1. The number of carbonyl (C=O) groups is 2. The van der Waals surface area contributed by atoms with Gasteiger partial charge in [0.25, 0.3) is 0 Å². The number of hydrogen-bond donors (Lipinski definition) is 3. The molecule has 2 amide bonds. The van der Waals surface area contributed by atoms with Crippen LogP contribution in [0.5, 0.6) is 0 Å². The summed E-state index contributed by atoms with van der Waals surface area (Å²) in [7, 11) is -3.49. The highest BCUT2D eigenvalue weighted by Gasteiger charge is 2.41. The zero-order valence-electron chi connectivity index (χ0n) is 10.8. The van der Waals surface area contributed by atoms with E-state index in [4.69, 9.17) is 5.11 Å². The molecule has 0 spiro atoms. The van der Waals surface area contributed by atoms with Crippen LogP contribution in [-0.4, -0.2) is 62.5 Å². The predicted octanol–water partition coefficient (Wildman–Crippen LogP) is 0.0739. The first kappa shape index (κ1) is 19.4. The molecular weight excluding hydrogens is 324 g/mol. The maximum Gasteiger partial charge on any atom is 0.326 e. The smallest absolute Gasteiger partial charge is 0.326 e. The second-order valence-electron chi connectivity index (χ2n) is 4.20. The standard InChI is InChI=1S/C9H14F4N2O5S/c1-21(19,20)3-2-5(6(16)17)15-8(18)14-4-9(12,13)7(10)11/h5,7H,2-4H2,1H3,(H,16,17)(H2,14,15,18). The minimum Gasteiger partial charge on any atom is -0.480 e. The van der Waals surface area contributed by atoms with Gasteiger partial charge in [-0.1, -0.05) is 0 Å². The summed E-state index contributed by atoms with van der Waals surface area (Å²) in [4.78, 5) is 21.9. The van der Waals surface area contributed by atoms with Gasteiger partial charge in [0.05, 0.1) is 12.3 Å². The quantitative estimate of drug-likeness (QED) is 0.542. The maximum absolute atomic E-state index is 12.5. The Morgan fingerprint density at radius 2 is 1.81 bits per heavy atom. The highest BCUT2D eigenvalue weighted by Crippen LogP contribution is 2.21. The molecular formula is C9H14F4N2O5S. The largest absolute Gasteiger partial charge is 0.480 e. The summed E-state index contributed by atoms with van der Waals surface area (Å²) < 4.78 is 70.4. The lowest BCUT2D eigenvalue weighted by Gasteiger charge is -2.18. The van der Waals surface area contributed by atoms with E-state index in [1.54, 1.807) is 5.32 Å². The number of halogens is 4. The highest BCUT2D eigenvalue weighted by molar-refractivity contribution is 7.90. The number of sulfone groups is 1. The third kappa shape index (κ3) is 8.32. The molecule has 3 N–H and O–H groups in total. The third-order valence-corrected chi connectivity index (χ3v) is 3.16. The molecule has 12 heteroatoms. The number of carboxylic acids is 1. The number of alkyl halides is 4. The van der Waals surface area contributed by atoms with Crippen LogP contribution in [0.2, 0.25) is 0 Å². The Labute approximate surface area is 117 Å². The minimum absolute atomic E-state index is 0.493. The Morgan fingerprint density at radius 1 is 1.29 bits per heavy atom. The van der Waals surface area contributed by atoms with Crippen molar-refractivity contribution in [3.63, 3.8) is 0 Å². The van der Waals surface area contributed by atoms with Crippen LogP contribution in [0.15, 0.2) is 0 Å². The SMILES string of the molecule is CS(=O)(=O)CCC(NC(=O)NCC(F)(F)C(F)F)C(=O)O. The molecule has 0 aromatic rings. The summed E-state index contributed by atoms with van der Waals surface area (Å²) in [6.45, 7) is -1.69. The number of nitrogens with one attached hydrogen (secondary N) is 2. The lowest BCUT2D eigenvalue weighted by molar-refractivity contribution is -0.139. The van der Waals surface area contributed by atoms with Crippen molar-refractivity contribution in [2.45, 2.75) is 24.8 Å². The average molecular weight is 338 g/mol. The van der Waals surface area contributed by atoms with Crippen LogP contribution in [0.4, 0.5) is 22.4 Å². The Kier molecular flexibility index (Phi) is 6.86. The van der Waals surface area contributed by atoms with E-state index in [0.29, 0.717) is 0 Å². The third-order valence-electron chi connectivity index (χ3n) is 2.18. The summed E-state index contributed by atoms with van der Waals surface area (Å²) in [6.07, 6.45) is -3.64. The lowest BCUT2D eigenvalue weighted by atomic mass is 10.2. The van der Waals surface area contributed by atoms with E-state index in [0.717, 1.165) is 6.26 Å². The number of carbonyl (C=O) groups excluding carboxylic acids is 1. The zero-order chi connectivity index (χ0) is 16.8. The van der Waals surface area contributed by atoms with E-state index < -0.39 is 58.9 Å². The first-order valence-electron chi connectivity index (χ1n) is 5.46. The van der Waals surface area contributed by atoms with Crippen LogP contribution in [0.3, 0.4) is 0 Å². The van der Waals surface area contributed by atoms with E-state index >= 15 is 0 Å². The molecule has 0 aromatic carbocycles. The first-order valence-corrected chi connectivity index (χ1v) is 7.52. The van der Waals surface area contributed by atoms with Gasteiger partial charge in [-0.15, -0.1) is 0 Å². The number of hydrogen-bond acceptors (Lipinski definition) is 4. The molecule has 7 nitrogen and oxygen atoms in total. The van der Waals surface area contributed by atoms with Gasteiger partial charge < -0.3 is 15.7 Å². The molecule has 0 rings (SSSR count). The minimum atomic E-state index is -4.46. The van der Waals surface area contributed by atoms with Gasteiger partial charge in [-0.2, -0.15) is 8.78 Å². The highest BCUT2D eigenvalue weighted by atomic mass is 32.2. The Bertz CT molecular complexity index is 483. The van der Waals surface area contributed by atoms with Crippen molar-refractivity contribution in [1.82, 2.24) is 10.6 Å². The van der Waals surface area contributed by atoms with E-state index in [2.05, 4.69) is 0 Å². The average Bonchev–Trinajstić information content (AvgIpc) is 2.30. The molecule has 0 aliphatic heterocycles. The van der Waals surface area contributed by atoms with Gasteiger partial charge in [0.2, 0.25) is 0 Å². The summed E-state index contributed by atoms with van der Waals surface area (Å²) in [5.74, 6) is -6.60. The first-order chi connectivity index (χ1) is 9.35. The van der Waals surface area contributed by atoms with E-state index in [-0.39, 0.29) is 0 Å². The van der Waals surface area contributed by atoms with Crippen LogP contribution >= 0.6 is 0 Å². The monoisotopic (exact) mass is 338 g/mol. The second-order valence-corrected chi connectivity index (χ2v) is 6.46. The molecule has 0 aliphatic carbocycles. The predicted molar refractivity (Wildman–Crippen MR) is 63.2 cm³/mol. The summed E-state index contributed by atoms with van der Waals surface area (Å²) in [5, 5.41) is 11.8. The van der Waals surface area contributed by atoms with Gasteiger partial charge in [-0.25, -0.2) is 26.8 Å². The summed E-state index contributed by atoms with van der Waals surface area (Å²) in [6, 6.07) is -3.07. The Balaban J connectivity index is 4.46. The van der Waals surface area contributed by atoms with Crippen molar-refractivity contribution in [1.29, 1.82) is 0 Å². The molecule has 0 saturated heterocycles.